The summed E-state index contributed by atoms with van der Waals surface area (Å²) in [7, 11) is 0. The molecule has 16 heavy (non-hydrogen) atoms. The third-order valence-corrected chi connectivity index (χ3v) is 3.24. The third-order valence-electron chi connectivity index (χ3n) is 2.35. The van der Waals surface area contributed by atoms with E-state index in [9.17, 15) is 0 Å². The summed E-state index contributed by atoms with van der Waals surface area (Å²) in [4.78, 5) is 4.35. The molecule has 80 valence electrons. The molecule has 0 spiro atoms. The van der Waals surface area contributed by atoms with Crippen molar-refractivity contribution in [3.05, 3.63) is 42.4 Å². The quantitative estimate of drug-likeness (QED) is 0.850. The monoisotopic (exact) mass is 231 g/mol. The molecule has 1 aliphatic carbocycles. The van der Waals surface area contributed by atoms with E-state index in [0.717, 1.165) is 10.7 Å². The summed E-state index contributed by atoms with van der Waals surface area (Å²) in [5, 5.41) is 9.23. The predicted octanol–water partition coefficient (Wildman–Crippen LogP) is 1.52. The molecule has 0 atom stereocenters. The molecule has 0 fully saturated rings. The second kappa shape index (κ2) is 3.57. The van der Waals surface area contributed by atoms with Crippen molar-refractivity contribution in [3.8, 4) is 5.00 Å². The minimum Gasteiger partial charge on any atom is -0.375 e. The Kier molecular flexibility index (Phi) is 2.07. The molecule has 2 heterocycles. The topological polar surface area (TPSA) is 69.6 Å². The van der Waals surface area contributed by atoms with Crippen molar-refractivity contribution in [3.63, 3.8) is 0 Å². The first-order valence-corrected chi connectivity index (χ1v) is 5.64. The van der Waals surface area contributed by atoms with Crippen LogP contribution in [-0.4, -0.2) is 20.0 Å². The van der Waals surface area contributed by atoms with Crippen molar-refractivity contribution in [2.75, 3.05) is 5.73 Å². The van der Waals surface area contributed by atoms with E-state index in [1.807, 2.05) is 12.2 Å². The largest absolute Gasteiger partial charge is 0.375 e. The van der Waals surface area contributed by atoms with Gasteiger partial charge in [-0.1, -0.05) is 40.9 Å². The molecule has 3 rings (SSSR count). The van der Waals surface area contributed by atoms with Gasteiger partial charge in [0.2, 0.25) is 0 Å². The maximum atomic E-state index is 5.75. The summed E-state index contributed by atoms with van der Waals surface area (Å²) in [6.07, 6.45) is 11.6. The molecule has 2 aromatic heterocycles. The fourth-order valence-electron chi connectivity index (χ4n) is 1.65. The van der Waals surface area contributed by atoms with Crippen LogP contribution in [0.4, 0.5) is 5.13 Å². The van der Waals surface area contributed by atoms with Gasteiger partial charge >= 0.3 is 0 Å². The van der Waals surface area contributed by atoms with Crippen LogP contribution in [0.1, 0.15) is 11.6 Å². The van der Waals surface area contributed by atoms with Crippen LogP contribution in [0.2, 0.25) is 0 Å². The number of aromatic nitrogens is 4. The zero-order chi connectivity index (χ0) is 11.0. The van der Waals surface area contributed by atoms with Crippen LogP contribution in [0.5, 0.6) is 0 Å². The molecule has 0 unspecified atom stereocenters. The number of hydrogen-bond acceptors (Lipinski definition) is 5. The number of nitrogens with zero attached hydrogens (tertiary/aromatic N) is 4. The minimum absolute atomic E-state index is 0.188. The third kappa shape index (κ3) is 1.43. The lowest BCUT2D eigenvalue weighted by molar-refractivity contribution is 0.799. The average molecular weight is 231 g/mol. The molecule has 5 nitrogen and oxygen atoms in total. The first-order chi connectivity index (χ1) is 7.84. The highest BCUT2D eigenvalue weighted by Crippen LogP contribution is 2.32. The Hall–Kier alpha value is -1.95. The molecule has 0 amide bonds. The molecule has 1 aliphatic rings. The van der Waals surface area contributed by atoms with E-state index in [1.165, 1.54) is 11.3 Å². The molecule has 2 aromatic rings. The lowest BCUT2D eigenvalue weighted by Gasteiger charge is -2.04. The van der Waals surface area contributed by atoms with E-state index >= 15 is 0 Å². The van der Waals surface area contributed by atoms with Gasteiger partial charge in [0.25, 0.3) is 0 Å². The lowest BCUT2D eigenvalue weighted by Crippen LogP contribution is -2.00. The molecule has 0 radical (unpaired) electrons. The van der Waals surface area contributed by atoms with Crippen molar-refractivity contribution < 1.29 is 0 Å². The van der Waals surface area contributed by atoms with Crippen LogP contribution >= 0.6 is 11.3 Å². The fraction of sp³-hybridized carbons (Fsp3) is 0.100. The zero-order valence-electron chi connectivity index (χ0n) is 8.32. The average Bonchev–Trinajstić information content (AvgIpc) is 2.98. The molecular weight excluding hydrogens is 222 g/mol. The SMILES string of the molecule is Nc1nc(C2C=CC=C2)c(-n2ccnn2)s1. The van der Waals surface area contributed by atoms with E-state index < -0.39 is 0 Å². The zero-order valence-corrected chi connectivity index (χ0v) is 9.13. The highest BCUT2D eigenvalue weighted by molar-refractivity contribution is 7.18. The maximum Gasteiger partial charge on any atom is 0.182 e. The van der Waals surface area contributed by atoms with Crippen LogP contribution in [0.15, 0.2) is 36.7 Å². The van der Waals surface area contributed by atoms with Crippen molar-refractivity contribution >= 4 is 16.5 Å². The number of allylic oxidation sites excluding steroid dienone is 4. The van der Waals surface area contributed by atoms with Gasteiger partial charge in [-0.25, -0.2) is 9.67 Å². The van der Waals surface area contributed by atoms with Gasteiger partial charge in [-0.2, -0.15) is 0 Å². The van der Waals surface area contributed by atoms with Crippen molar-refractivity contribution in [1.29, 1.82) is 0 Å². The fourth-order valence-corrected chi connectivity index (χ4v) is 2.47. The first-order valence-electron chi connectivity index (χ1n) is 4.82. The molecule has 0 bridgehead atoms. The standard InChI is InChI=1S/C10H9N5S/c11-10-13-8(7-3-1-2-4-7)9(16-10)15-6-5-12-14-15/h1-7H,(H2,11,13). The predicted molar refractivity (Wildman–Crippen MR) is 62.5 cm³/mol. The Morgan fingerprint density at radius 2 is 2.12 bits per heavy atom. The molecule has 0 aliphatic heterocycles. The normalized spacial score (nSPS) is 15.0. The Morgan fingerprint density at radius 1 is 1.31 bits per heavy atom. The van der Waals surface area contributed by atoms with E-state index in [-0.39, 0.29) is 5.92 Å². The van der Waals surface area contributed by atoms with Crippen molar-refractivity contribution in [2.45, 2.75) is 5.92 Å². The second-order valence-corrected chi connectivity index (χ2v) is 4.39. The first kappa shape index (κ1) is 9.29. The number of hydrogen-bond donors (Lipinski definition) is 1. The minimum atomic E-state index is 0.188. The summed E-state index contributed by atoms with van der Waals surface area (Å²) in [5.74, 6) is 0.188. The molecule has 0 saturated heterocycles. The molecule has 0 saturated carbocycles. The molecule has 0 aromatic carbocycles. The molecule has 6 heteroatoms. The summed E-state index contributed by atoms with van der Waals surface area (Å²) in [6, 6.07) is 0. The number of anilines is 1. The van der Waals surface area contributed by atoms with Gasteiger partial charge in [0, 0.05) is 5.92 Å². The Balaban J connectivity index is 2.11. The van der Waals surface area contributed by atoms with Crippen LogP contribution < -0.4 is 5.73 Å². The van der Waals surface area contributed by atoms with Crippen LogP contribution in [0.3, 0.4) is 0 Å². The van der Waals surface area contributed by atoms with E-state index in [4.69, 9.17) is 5.73 Å². The summed E-state index contributed by atoms with van der Waals surface area (Å²) in [5.41, 5.74) is 6.68. The van der Waals surface area contributed by atoms with E-state index in [0.29, 0.717) is 5.13 Å². The van der Waals surface area contributed by atoms with Crippen molar-refractivity contribution in [1.82, 2.24) is 20.0 Å². The van der Waals surface area contributed by atoms with E-state index in [1.54, 1.807) is 17.1 Å². The number of thiazole rings is 1. The van der Waals surface area contributed by atoms with Crippen LogP contribution in [0, 0.1) is 0 Å². The van der Waals surface area contributed by atoms with E-state index in [2.05, 4.69) is 27.4 Å². The Bertz CT molecular complexity index is 540. The Morgan fingerprint density at radius 3 is 2.81 bits per heavy atom. The maximum absolute atomic E-state index is 5.75. The van der Waals surface area contributed by atoms with Gasteiger partial charge < -0.3 is 5.73 Å². The van der Waals surface area contributed by atoms with Gasteiger partial charge in [0.05, 0.1) is 18.1 Å². The highest BCUT2D eigenvalue weighted by Gasteiger charge is 2.19. The number of nitrogen functional groups attached to an aromatic ring is 1. The molecular formula is C10H9N5S. The van der Waals surface area contributed by atoms with Gasteiger partial charge in [-0.15, -0.1) is 5.10 Å². The smallest absolute Gasteiger partial charge is 0.182 e. The summed E-state index contributed by atoms with van der Waals surface area (Å²) < 4.78 is 1.70. The Labute approximate surface area is 95.9 Å². The number of rotatable bonds is 2. The van der Waals surface area contributed by atoms with Gasteiger partial charge in [0.15, 0.2) is 5.13 Å². The molecule has 2 N–H and O–H groups in total. The van der Waals surface area contributed by atoms with Crippen molar-refractivity contribution in [2.24, 2.45) is 0 Å². The second-order valence-electron chi connectivity index (χ2n) is 3.39. The number of nitrogens with two attached hydrogens (primary N) is 1. The summed E-state index contributed by atoms with van der Waals surface area (Å²) in [6.45, 7) is 0. The van der Waals surface area contributed by atoms with Gasteiger partial charge in [-0.05, 0) is 0 Å². The summed E-state index contributed by atoms with van der Waals surface area (Å²) >= 11 is 1.42. The van der Waals surface area contributed by atoms with Gasteiger partial charge in [-0.3, -0.25) is 0 Å². The lowest BCUT2D eigenvalue weighted by atomic mass is 10.1. The van der Waals surface area contributed by atoms with Crippen LogP contribution in [0.25, 0.3) is 5.00 Å². The van der Waals surface area contributed by atoms with Crippen LogP contribution in [-0.2, 0) is 0 Å². The van der Waals surface area contributed by atoms with Gasteiger partial charge in [0.1, 0.15) is 5.00 Å². The highest BCUT2D eigenvalue weighted by atomic mass is 32.1.